The second-order valence-corrected chi connectivity index (χ2v) is 6.07. The highest BCUT2D eigenvalue weighted by molar-refractivity contribution is 6.02. The molecule has 0 radical (unpaired) electrons. The van der Waals surface area contributed by atoms with Crippen LogP contribution in [0.2, 0.25) is 0 Å². The number of aromatic hydroxyl groups is 1. The Morgan fingerprint density at radius 1 is 1.19 bits per heavy atom. The normalized spacial score (nSPS) is 11.0. The molecule has 3 N–H and O–H groups in total. The lowest BCUT2D eigenvalue weighted by molar-refractivity contribution is 0.0948. The van der Waals surface area contributed by atoms with E-state index in [-0.39, 0.29) is 11.3 Å². The third kappa shape index (κ3) is 4.51. The number of hydrogen-bond donors (Lipinski definition) is 3. The van der Waals surface area contributed by atoms with Crippen molar-refractivity contribution in [1.29, 1.82) is 0 Å². The van der Waals surface area contributed by atoms with E-state index in [4.69, 9.17) is 9.47 Å². The number of pyridine rings is 1. The summed E-state index contributed by atoms with van der Waals surface area (Å²) in [6, 6.07) is 3.07. The van der Waals surface area contributed by atoms with Crippen LogP contribution in [0.25, 0.3) is 10.9 Å². The lowest BCUT2D eigenvalue weighted by Gasteiger charge is -2.17. The highest BCUT2D eigenvalue weighted by atomic mass is 16.5. The topological polar surface area (TPSA) is 104 Å². The summed E-state index contributed by atoms with van der Waals surface area (Å²) in [5.74, 6) is -0.187. The Bertz CT molecular complexity index is 859. The average molecular weight is 377 g/mol. The highest BCUT2D eigenvalue weighted by Gasteiger charge is 2.20. The standard InChI is InChI=1S/C19H27N3O5/c1-5-22(6-2)9-7-8-20-18(24)16-17(23)12-10-14(26-3)15(27-4)11-13(12)21-19(16)25/h10-11H,5-9H2,1-4H3,(H,20,24)(H2,21,23,25). The second-order valence-electron chi connectivity index (χ2n) is 6.07. The molecule has 1 heterocycles. The summed E-state index contributed by atoms with van der Waals surface area (Å²) in [6.45, 7) is 7.32. The summed E-state index contributed by atoms with van der Waals surface area (Å²) < 4.78 is 10.4. The molecule has 0 aliphatic heterocycles. The monoisotopic (exact) mass is 377 g/mol. The minimum atomic E-state index is -0.659. The average Bonchev–Trinajstić information content (AvgIpc) is 2.67. The largest absolute Gasteiger partial charge is 0.506 e. The Balaban J connectivity index is 2.25. The highest BCUT2D eigenvalue weighted by Crippen LogP contribution is 2.35. The molecule has 0 atom stereocenters. The molecule has 0 bridgehead atoms. The zero-order valence-electron chi connectivity index (χ0n) is 16.2. The fourth-order valence-electron chi connectivity index (χ4n) is 2.95. The molecule has 2 rings (SSSR count). The number of nitrogens with zero attached hydrogens (tertiary/aromatic N) is 1. The maximum Gasteiger partial charge on any atom is 0.265 e. The van der Waals surface area contributed by atoms with Crippen LogP contribution >= 0.6 is 0 Å². The molecular formula is C19H27N3O5. The first kappa shape index (κ1) is 20.6. The molecule has 148 valence electrons. The van der Waals surface area contributed by atoms with Gasteiger partial charge in [0.15, 0.2) is 11.5 Å². The number of rotatable bonds is 9. The Morgan fingerprint density at radius 3 is 2.41 bits per heavy atom. The molecule has 8 heteroatoms. The number of aromatic nitrogens is 1. The van der Waals surface area contributed by atoms with Gasteiger partial charge in [0.1, 0.15) is 11.3 Å². The van der Waals surface area contributed by atoms with Gasteiger partial charge in [0.25, 0.3) is 11.5 Å². The van der Waals surface area contributed by atoms with E-state index in [0.717, 1.165) is 26.1 Å². The van der Waals surface area contributed by atoms with Crippen LogP contribution < -0.4 is 20.3 Å². The van der Waals surface area contributed by atoms with E-state index in [2.05, 4.69) is 29.0 Å². The lowest BCUT2D eigenvalue weighted by Crippen LogP contribution is -2.32. The number of aromatic amines is 1. The van der Waals surface area contributed by atoms with Crippen molar-refractivity contribution >= 4 is 16.8 Å². The Morgan fingerprint density at radius 2 is 1.81 bits per heavy atom. The minimum Gasteiger partial charge on any atom is -0.506 e. The molecule has 1 amide bonds. The molecule has 0 fully saturated rings. The third-order valence-corrected chi connectivity index (χ3v) is 4.55. The van der Waals surface area contributed by atoms with E-state index in [1.165, 1.54) is 20.3 Å². The summed E-state index contributed by atoms with van der Waals surface area (Å²) in [4.78, 5) is 29.6. The van der Waals surface area contributed by atoms with Crippen LogP contribution in [0, 0.1) is 0 Å². The van der Waals surface area contributed by atoms with E-state index in [1.54, 1.807) is 6.07 Å². The van der Waals surface area contributed by atoms with Crippen LogP contribution in [0.3, 0.4) is 0 Å². The lowest BCUT2D eigenvalue weighted by atomic mass is 10.1. The molecule has 2 aromatic rings. The molecule has 1 aromatic heterocycles. The van der Waals surface area contributed by atoms with Gasteiger partial charge in [-0.2, -0.15) is 0 Å². The van der Waals surface area contributed by atoms with Gasteiger partial charge in [-0.15, -0.1) is 0 Å². The van der Waals surface area contributed by atoms with Crippen molar-refractivity contribution in [3.8, 4) is 17.2 Å². The predicted octanol–water partition coefficient (Wildman–Crippen LogP) is 1.71. The van der Waals surface area contributed by atoms with Gasteiger partial charge >= 0.3 is 0 Å². The molecule has 0 aliphatic rings. The van der Waals surface area contributed by atoms with Gasteiger partial charge in [0, 0.05) is 18.0 Å². The molecular weight excluding hydrogens is 350 g/mol. The summed E-state index contributed by atoms with van der Waals surface area (Å²) in [6.07, 6.45) is 0.755. The van der Waals surface area contributed by atoms with Crippen LogP contribution in [-0.2, 0) is 0 Å². The Hall–Kier alpha value is -2.74. The van der Waals surface area contributed by atoms with E-state index in [0.29, 0.717) is 28.9 Å². The maximum atomic E-state index is 12.4. The number of carbonyl (C=O) groups excluding carboxylic acids is 1. The van der Waals surface area contributed by atoms with Crippen molar-refractivity contribution in [2.24, 2.45) is 0 Å². The Kier molecular flexibility index (Phi) is 7.06. The zero-order chi connectivity index (χ0) is 20.0. The first-order valence-electron chi connectivity index (χ1n) is 8.98. The minimum absolute atomic E-state index is 0.306. The van der Waals surface area contributed by atoms with E-state index < -0.39 is 11.5 Å². The van der Waals surface area contributed by atoms with Crippen molar-refractivity contribution < 1.29 is 19.4 Å². The molecule has 1 aromatic carbocycles. The first-order valence-corrected chi connectivity index (χ1v) is 8.98. The van der Waals surface area contributed by atoms with Crippen LogP contribution in [0.15, 0.2) is 16.9 Å². The van der Waals surface area contributed by atoms with E-state index in [1.807, 2.05) is 0 Å². The third-order valence-electron chi connectivity index (χ3n) is 4.55. The summed E-state index contributed by atoms with van der Waals surface area (Å²) in [7, 11) is 2.94. The number of H-pyrrole nitrogens is 1. The fourth-order valence-corrected chi connectivity index (χ4v) is 2.95. The molecule has 0 spiro atoms. The number of nitrogens with one attached hydrogen (secondary N) is 2. The van der Waals surface area contributed by atoms with Gasteiger partial charge in [0.2, 0.25) is 0 Å². The van der Waals surface area contributed by atoms with Crippen LogP contribution in [0.4, 0.5) is 0 Å². The number of fused-ring (bicyclic) bond motifs is 1. The number of benzene rings is 1. The van der Waals surface area contributed by atoms with Gasteiger partial charge in [0.05, 0.1) is 19.7 Å². The van der Waals surface area contributed by atoms with Gasteiger partial charge in [-0.3, -0.25) is 9.59 Å². The van der Waals surface area contributed by atoms with Crippen LogP contribution in [0.5, 0.6) is 17.2 Å². The fraction of sp³-hybridized carbons (Fsp3) is 0.474. The zero-order valence-corrected chi connectivity index (χ0v) is 16.2. The van der Waals surface area contributed by atoms with Crippen LogP contribution in [-0.4, -0.2) is 61.3 Å². The molecule has 0 unspecified atom stereocenters. The van der Waals surface area contributed by atoms with Gasteiger partial charge in [-0.1, -0.05) is 13.8 Å². The number of carbonyl (C=O) groups is 1. The van der Waals surface area contributed by atoms with Crippen molar-refractivity contribution in [3.05, 3.63) is 28.0 Å². The van der Waals surface area contributed by atoms with Crippen molar-refractivity contribution in [2.45, 2.75) is 20.3 Å². The quantitative estimate of drug-likeness (QED) is 0.575. The first-order chi connectivity index (χ1) is 13.0. The summed E-state index contributed by atoms with van der Waals surface area (Å²) in [5.41, 5.74) is -0.612. The van der Waals surface area contributed by atoms with E-state index >= 15 is 0 Å². The number of hydrogen-bond acceptors (Lipinski definition) is 6. The van der Waals surface area contributed by atoms with Gasteiger partial charge in [-0.05, 0) is 32.1 Å². The number of amides is 1. The second kappa shape index (κ2) is 9.27. The smallest absolute Gasteiger partial charge is 0.265 e. The SMILES string of the molecule is CCN(CC)CCCNC(=O)c1c(O)c2cc(OC)c(OC)cc2[nH]c1=O. The van der Waals surface area contributed by atoms with Gasteiger partial charge in [-0.25, -0.2) is 0 Å². The molecule has 0 saturated carbocycles. The molecule has 0 saturated heterocycles. The Labute approximate surface area is 158 Å². The predicted molar refractivity (Wildman–Crippen MR) is 104 cm³/mol. The summed E-state index contributed by atoms with van der Waals surface area (Å²) in [5, 5.41) is 13.5. The molecule has 8 nitrogen and oxygen atoms in total. The van der Waals surface area contributed by atoms with Crippen molar-refractivity contribution in [3.63, 3.8) is 0 Å². The van der Waals surface area contributed by atoms with Crippen molar-refractivity contribution in [1.82, 2.24) is 15.2 Å². The number of ether oxygens (including phenoxy) is 2. The van der Waals surface area contributed by atoms with Crippen LogP contribution in [0.1, 0.15) is 30.6 Å². The van der Waals surface area contributed by atoms with Crippen molar-refractivity contribution in [2.75, 3.05) is 40.4 Å². The number of methoxy groups -OCH3 is 2. The van der Waals surface area contributed by atoms with E-state index in [9.17, 15) is 14.7 Å². The molecule has 0 aliphatic carbocycles. The molecule has 27 heavy (non-hydrogen) atoms. The summed E-state index contributed by atoms with van der Waals surface area (Å²) >= 11 is 0. The van der Waals surface area contributed by atoms with Gasteiger partial charge < -0.3 is 29.8 Å². The maximum absolute atomic E-state index is 12.4.